The molecule has 0 saturated carbocycles. The third-order valence-corrected chi connectivity index (χ3v) is 2.44. The fraction of sp³-hybridized carbons (Fsp3) is 0.538. The predicted molar refractivity (Wildman–Crippen MR) is 74.8 cm³/mol. The van der Waals surface area contributed by atoms with Crippen LogP contribution in [0.1, 0.15) is 27.2 Å². The summed E-state index contributed by atoms with van der Waals surface area (Å²) in [4.78, 5) is 15.8. The van der Waals surface area contributed by atoms with Crippen LogP contribution < -0.4 is 16.0 Å². The topological polar surface area (TPSA) is 66.0 Å². The number of nitrogens with zero attached hydrogens (tertiary/aromatic N) is 1. The molecule has 1 unspecified atom stereocenters. The molecule has 1 amide bonds. The molecule has 0 aromatic carbocycles. The number of nitrogens with one attached hydrogen (secondary N) is 3. The largest absolute Gasteiger partial charge is 0.384 e. The van der Waals surface area contributed by atoms with Crippen molar-refractivity contribution in [2.24, 2.45) is 0 Å². The van der Waals surface area contributed by atoms with Gasteiger partial charge in [0.25, 0.3) is 0 Å². The first kappa shape index (κ1) is 14.3. The Bertz CT molecular complexity index is 381. The van der Waals surface area contributed by atoms with Crippen molar-refractivity contribution in [2.45, 2.75) is 33.2 Å². The highest BCUT2D eigenvalue weighted by molar-refractivity contribution is 5.84. The summed E-state index contributed by atoms with van der Waals surface area (Å²) in [6, 6.07) is 1.68. The van der Waals surface area contributed by atoms with E-state index in [0.717, 1.165) is 24.3 Å². The van der Waals surface area contributed by atoms with Crippen LogP contribution in [0.3, 0.4) is 0 Å². The molecule has 5 heteroatoms. The van der Waals surface area contributed by atoms with E-state index in [-0.39, 0.29) is 11.9 Å². The third-order valence-electron chi connectivity index (χ3n) is 2.44. The van der Waals surface area contributed by atoms with E-state index in [1.54, 1.807) is 12.4 Å². The number of hydrogen-bond acceptors (Lipinski definition) is 4. The van der Waals surface area contributed by atoms with Crippen molar-refractivity contribution in [3.05, 3.63) is 18.5 Å². The number of pyridine rings is 1. The molecule has 0 spiro atoms. The number of hydrogen-bond donors (Lipinski definition) is 3. The lowest BCUT2D eigenvalue weighted by Gasteiger charge is -2.15. The maximum absolute atomic E-state index is 11.7. The van der Waals surface area contributed by atoms with E-state index in [4.69, 9.17) is 0 Å². The molecule has 1 rings (SSSR count). The zero-order valence-corrected chi connectivity index (χ0v) is 11.3. The average Bonchev–Trinajstić information content (AvgIpc) is 2.36. The molecule has 0 aliphatic carbocycles. The normalized spacial score (nSPS) is 11.7. The SMILES string of the molecule is CCCNC(=O)C(C)Nc1cncc(NCC)c1. The zero-order valence-electron chi connectivity index (χ0n) is 11.3. The van der Waals surface area contributed by atoms with Gasteiger partial charge in [0.05, 0.1) is 23.8 Å². The second-order valence-electron chi connectivity index (χ2n) is 4.15. The van der Waals surface area contributed by atoms with E-state index in [1.807, 2.05) is 26.8 Å². The summed E-state index contributed by atoms with van der Waals surface area (Å²) in [5.74, 6) is 0.00528. The summed E-state index contributed by atoms with van der Waals surface area (Å²) in [6.45, 7) is 7.45. The lowest BCUT2D eigenvalue weighted by Crippen LogP contribution is -2.37. The van der Waals surface area contributed by atoms with Gasteiger partial charge in [0.15, 0.2) is 0 Å². The van der Waals surface area contributed by atoms with Crippen LogP contribution in [0.2, 0.25) is 0 Å². The Morgan fingerprint density at radius 1 is 1.33 bits per heavy atom. The molecule has 3 N–H and O–H groups in total. The average molecular weight is 250 g/mol. The molecule has 18 heavy (non-hydrogen) atoms. The molecule has 1 aromatic heterocycles. The summed E-state index contributed by atoms with van der Waals surface area (Å²) >= 11 is 0. The van der Waals surface area contributed by atoms with Gasteiger partial charge in [-0.3, -0.25) is 9.78 Å². The highest BCUT2D eigenvalue weighted by Gasteiger charge is 2.11. The van der Waals surface area contributed by atoms with Gasteiger partial charge < -0.3 is 16.0 Å². The molecule has 0 fully saturated rings. The molecule has 100 valence electrons. The van der Waals surface area contributed by atoms with Crippen molar-refractivity contribution in [3.63, 3.8) is 0 Å². The Kier molecular flexibility index (Phi) is 5.97. The number of aromatic nitrogens is 1. The van der Waals surface area contributed by atoms with Crippen LogP contribution in [0.25, 0.3) is 0 Å². The van der Waals surface area contributed by atoms with Gasteiger partial charge in [-0.25, -0.2) is 0 Å². The highest BCUT2D eigenvalue weighted by Crippen LogP contribution is 2.13. The van der Waals surface area contributed by atoms with Crippen LogP contribution in [0, 0.1) is 0 Å². The van der Waals surface area contributed by atoms with E-state index < -0.39 is 0 Å². The van der Waals surface area contributed by atoms with Crippen LogP contribution in [0.15, 0.2) is 18.5 Å². The van der Waals surface area contributed by atoms with Crippen molar-refractivity contribution in [2.75, 3.05) is 23.7 Å². The van der Waals surface area contributed by atoms with Crippen LogP contribution in [0.4, 0.5) is 11.4 Å². The van der Waals surface area contributed by atoms with Crippen molar-refractivity contribution in [3.8, 4) is 0 Å². The number of amides is 1. The van der Waals surface area contributed by atoms with E-state index in [2.05, 4.69) is 20.9 Å². The van der Waals surface area contributed by atoms with Crippen molar-refractivity contribution >= 4 is 17.3 Å². The molecule has 0 aliphatic rings. The molecule has 0 aliphatic heterocycles. The van der Waals surface area contributed by atoms with E-state index in [1.165, 1.54) is 0 Å². The molecule has 0 saturated heterocycles. The predicted octanol–water partition coefficient (Wildman–Crippen LogP) is 1.84. The van der Waals surface area contributed by atoms with Gasteiger partial charge >= 0.3 is 0 Å². The standard InChI is InChI=1S/C13H22N4O/c1-4-6-16-13(18)10(3)17-12-7-11(15-5-2)8-14-9-12/h7-10,15,17H,4-6H2,1-3H3,(H,16,18). The van der Waals surface area contributed by atoms with Crippen LogP contribution in [0.5, 0.6) is 0 Å². The molecule has 0 radical (unpaired) electrons. The van der Waals surface area contributed by atoms with Crippen molar-refractivity contribution in [1.29, 1.82) is 0 Å². The maximum Gasteiger partial charge on any atom is 0.242 e. The minimum atomic E-state index is -0.268. The van der Waals surface area contributed by atoms with E-state index in [0.29, 0.717) is 6.54 Å². The van der Waals surface area contributed by atoms with E-state index in [9.17, 15) is 4.79 Å². The first-order valence-electron chi connectivity index (χ1n) is 6.40. The number of rotatable bonds is 7. The van der Waals surface area contributed by atoms with Gasteiger partial charge in [-0.1, -0.05) is 6.92 Å². The Morgan fingerprint density at radius 3 is 2.72 bits per heavy atom. The molecule has 0 bridgehead atoms. The summed E-state index contributed by atoms with van der Waals surface area (Å²) in [5, 5.41) is 9.17. The van der Waals surface area contributed by atoms with E-state index >= 15 is 0 Å². The van der Waals surface area contributed by atoms with Gasteiger partial charge in [-0.05, 0) is 26.3 Å². The zero-order chi connectivity index (χ0) is 13.4. The second-order valence-corrected chi connectivity index (χ2v) is 4.15. The van der Waals surface area contributed by atoms with Gasteiger partial charge in [-0.15, -0.1) is 0 Å². The minimum Gasteiger partial charge on any atom is -0.384 e. The smallest absolute Gasteiger partial charge is 0.242 e. The molecule has 1 aromatic rings. The first-order valence-corrected chi connectivity index (χ1v) is 6.40. The summed E-state index contributed by atoms with van der Waals surface area (Å²) < 4.78 is 0. The fourth-order valence-corrected chi connectivity index (χ4v) is 1.54. The highest BCUT2D eigenvalue weighted by atomic mass is 16.2. The van der Waals surface area contributed by atoms with Gasteiger partial charge in [-0.2, -0.15) is 0 Å². The minimum absolute atomic E-state index is 0.00528. The molecular weight excluding hydrogens is 228 g/mol. The maximum atomic E-state index is 11.7. The van der Waals surface area contributed by atoms with Crippen molar-refractivity contribution < 1.29 is 4.79 Å². The summed E-state index contributed by atoms with van der Waals surface area (Å²) in [6.07, 6.45) is 4.41. The van der Waals surface area contributed by atoms with Crippen LogP contribution in [-0.2, 0) is 4.79 Å². The van der Waals surface area contributed by atoms with Crippen LogP contribution >= 0.6 is 0 Å². The Morgan fingerprint density at radius 2 is 2.06 bits per heavy atom. The van der Waals surface area contributed by atoms with Gasteiger partial charge in [0.1, 0.15) is 6.04 Å². The molecule has 1 atom stereocenters. The Labute approximate surface area is 108 Å². The van der Waals surface area contributed by atoms with Gasteiger partial charge in [0, 0.05) is 13.1 Å². The van der Waals surface area contributed by atoms with Crippen LogP contribution in [-0.4, -0.2) is 30.0 Å². The first-order chi connectivity index (χ1) is 8.67. The molecule has 5 nitrogen and oxygen atoms in total. The quantitative estimate of drug-likeness (QED) is 0.691. The monoisotopic (exact) mass is 250 g/mol. The van der Waals surface area contributed by atoms with Crippen molar-refractivity contribution in [1.82, 2.24) is 10.3 Å². The fourth-order valence-electron chi connectivity index (χ4n) is 1.54. The number of carbonyl (C=O) groups is 1. The summed E-state index contributed by atoms with van der Waals surface area (Å²) in [5.41, 5.74) is 1.79. The molecular formula is C13H22N4O. The third kappa shape index (κ3) is 4.61. The van der Waals surface area contributed by atoms with Gasteiger partial charge in [0.2, 0.25) is 5.91 Å². The Balaban J connectivity index is 2.55. The lowest BCUT2D eigenvalue weighted by atomic mass is 10.2. The lowest BCUT2D eigenvalue weighted by molar-refractivity contribution is -0.121. The Hall–Kier alpha value is -1.78. The number of carbonyl (C=O) groups excluding carboxylic acids is 1. The molecule has 1 heterocycles. The number of anilines is 2. The second kappa shape index (κ2) is 7.53. The summed E-state index contributed by atoms with van der Waals surface area (Å²) in [7, 11) is 0.